The molecule has 0 aromatic rings. The first-order valence-corrected chi connectivity index (χ1v) is 6.12. The van der Waals surface area contributed by atoms with Gasteiger partial charge in [-0.25, -0.2) is 0 Å². The van der Waals surface area contributed by atoms with E-state index in [1.165, 1.54) is 25.7 Å². The lowest BCUT2D eigenvalue weighted by Gasteiger charge is -2.32. The predicted molar refractivity (Wildman–Crippen MR) is 58.6 cm³/mol. The zero-order valence-corrected chi connectivity index (χ0v) is 9.41. The Hall–Kier alpha value is -0.570. The Kier molecular flexibility index (Phi) is 3.29. The van der Waals surface area contributed by atoms with Crippen molar-refractivity contribution >= 4 is 5.97 Å². The number of aliphatic carboxylic acids is 1. The zero-order chi connectivity index (χ0) is 10.8. The first-order valence-electron chi connectivity index (χ1n) is 6.12. The van der Waals surface area contributed by atoms with Crippen molar-refractivity contribution in [2.45, 2.75) is 32.6 Å². The van der Waals surface area contributed by atoms with Crippen LogP contribution in [0.25, 0.3) is 0 Å². The maximum atomic E-state index is 11.1. The van der Waals surface area contributed by atoms with Crippen LogP contribution in [0.5, 0.6) is 0 Å². The molecule has 0 amide bonds. The fraction of sp³-hybridized carbons (Fsp3) is 0.917. The topological polar surface area (TPSA) is 49.3 Å². The number of rotatable bonds is 2. The summed E-state index contributed by atoms with van der Waals surface area (Å²) in [7, 11) is 0. The molecule has 0 radical (unpaired) electrons. The summed E-state index contributed by atoms with van der Waals surface area (Å²) in [5.74, 6) is 1.14. The standard InChI is InChI=1S/C12H21NO2/c1-8-2-4-9(5-3-8)10-6-13-7-11(10)12(14)15/h8-11,13H,2-7H2,1H3,(H,14,15). The van der Waals surface area contributed by atoms with Gasteiger partial charge in [0.2, 0.25) is 0 Å². The molecule has 1 heterocycles. The van der Waals surface area contributed by atoms with Crippen LogP contribution in [-0.2, 0) is 4.79 Å². The molecule has 0 bridgehead atoms. The number of carbonyl (C=O) groups is 1. The Balaban J connectivity index is 1.94. The third-order valence-electron chi connectivity index (χ3n) is 4.24. The SMILES string of the molecule is CC1CCC(C2CNCC2C(=O)O)CC1. The Morgan fingerprint density at radius 1 is 1.20 bits per heavy atom. The molecule has 3 nitrogen and oxygen atoms in total. The summed E-state index contributed by atoms with van der Waals surface area (Å²) in [6.45, 7) is 3.89. The van der Waals surface area contributed by atoms with Gasteiger partial charge in [-0.1, -0.05) is 19.8 Å². The molecule has 0 spiro atoms. The van der Waals surface area contributed by atoms with E-state index in [4.69, 9.17) is 5.11 Å². The van der Waals surface area contributed by atoms with Gasteiger partial charge in [-0.15, -0.1) is 0 Å². The molecule has 3 heteroatoms. The van der Waals surface area contributed by atoms with Gasteiger partial charge in [0.05, 0.1) is 5.92 Å². The molecular formula is C12H21NO2. The average Bonchev–Trinajstić information content (AvgIpc) is 2.67. The fourth-order valence-corrected chi connectivity index (χ4v) is 3.18. The summed E-state index contributed by atoms with van der Waals surface area (Å²) in [6.07, 6.45) is 5.04. The maximum absolute atomic E-state index is 11.1. The highest BCUT2D eigenvalue weighted by atomic mass is 16.4. The minimum atomic E-state index is -0.608. The van der Waals surface area contributed by atoms with Gasteiger partial charge in [0.15, 0.2) is 0 Å². The highest BCUT2D eigenvalue weighted by Gasteiger charge is 2.38. The lowest BCUT2D eigenvalue weighted by molar-refractivity contribution is -0.143. The first kappa shape index (κ1) is 10.9. The molecule has 1 aliphatic heterocycles. The maximum Gasteiger partial charge on any atom is 0.308 e. The summed E-state index contributed by atoms with van der Waals surface area (Å²) < 4.78 is 0. The van der Waals surface area contributed by atoms with E-state index >= 15 is 0 Å². The molecule has 2 unspecified atom stereocenters. The Morgan fingerprint density at radius 2 is 1.87 bits per heavy atom. The molecule has 2 atom stereocenters. The smallest absolute Gasteiger partial charge is 0.308 e. The van der Waals surface area contributed by atoms with Crippen LogP contribution in [-0.4, -0.2) is 24.2 Å². The van der Waals surface area contributed by atoms with Gasteiger partial charge in [-0.2, -0.15) is 0 Å². The Bertz CT molecular complexity index is 234. The molecular weight excluding hydrogens is 190 g/mol. The molecule has 15 heavy (non-hydrogen) atoms. The molecule has 1 saturated carbocycles. The van der Waals surface area contributed by atoms with E-state index < -0.39 is 5.97 Å². The monoisotopic (exact) mass is 211 g/mol. The highest BCUT2D eigenvalue weighted by molar-refractivity contribution is 5.71. The second kappa shape index (κ2) is 4.52. The lowest BCUT2D eigenvalue weighted by atomic mass is 9.73. The van der Waals surface area contributed by atoms with Crippen LogP contribution in [0, 0.1) is 23.7 Å². The van der Waals surface area contributed by atoms with Gasteiger partial charge in [0.1, 0.15) is 0 Å². The van der Waals surface area contributed by atoms with Gasteiger partial charge in [-0.3, -0.25) is 4.79 Å². The van der Waals surface area contributed by atoms with Gasteiger partial charge in [0.25, 0.3) is 0 Å². The number of hydrogen-bond donors (Lipinski definition) is 2. The van der Waals surface area contributed by atoms with E-state index in [2.05, 4.69) is 12.2 Å². The molecule has 0 aromatic heterocycles. The highest BCUT2D eigenvalue weighted by Crippen LogP contribution is 2.37. The van der Waals surface area contributed by atoms with Gasteiger partial charge < -0.3 is 10.4 Å². The molecule has 2 rings (SSSR count). The van der Waals surface area contributed by atoms with Crippen LogP contribution >= 0.6 is 0 Å². The van der Waals surface area contributed by atoms with E-state index in [-0.39, 0.29) is 5.92 Å². The first-order chi connectivity index (χ1) is 7.18. The van der Waals surface area contributed by atoms with Crippen molar-refractivity contribution in [3.05, 3.63) is 0 Å². The van der Waals surface area contributed by atoms with Crippen molar-refractivity contribution in [2.24, 2.45) is 23.7 Å². The second-order valence-corrected chi connectivity index (χ2v) is 5.29. The molecule has 1 aliphatic carbocycles. The van der Waals surface area contributed by atoms with Gasteiger partial charge in [-0.05, 0) is 37.1 Å². The Morgan fingerprint density at radius 3 is 2.47 bits per heavy atom. The van der Waals surface area contributed by atoms with Crippen molar-refractivity contribution < 1.29 is 9.90 Å². The molecule has 2 aliphatic rings. The van der Waals surface area contributed by atoms with Crippen molar-refractivity contribution in [3.63, 3.8) is 0 Å². The van der Waals surface area contributed by atoms with Crippen molar-refractivity contribution in [1.29, 1.82) is 0 Å². The minimum absolute atomic E-state index is 0.136. The molecule has 2 N–H and O–H groups in total. The summed E-state index contributed by atoms with van der Waals surface area (Å²) in [4.78, 5) is 11.1. The van der Waals surface area contributed by atoms with E-state index in [1.54, 1.807) is 0 Å². The van der Waals surface area contributed by atoms with Crippen molar-refractivity contribution in [2.75, 3.05) is 13.1 Å². The summed E-state index contributed by atoms with van der Waals surface area (Å²) in [5.41, 5.74) is 0. The quantitative estimate of drug-likeness (QED) is 0.731. The fourth-order valence-electron chi connectivity index (χ4n) is 3.18. The number of carboxylic acids is 1. The Labute approximate surface area is 91.2 Å². The second-order valence-electron chi connectivity index (χ2n) is 5.29. The minimum Gasteiger partial charge on any atom is -0.481 e. The molecule has 2 fully saturated rings. The van der Waals surface area contributed by atoms with E-state index in [1.807, 2.05) is 0 Å². The number of nitrogens with one attached hydrogen (secondary N) is 1. The van der Waals surface area contributed by atoms with E-state index in [0.29, 0.717) is 18.4 Å². The summed E-state index contributed by atoms with van der Waals surface area (Å²) >= 11 is 0. The normalized spacial score (nSPS) is 41.7. The molecule has 1 saturated heterocycles. The molecule has 86 valence electrons. The van der Waals surface area contributed by atoms with Crippen LogP contribution in [0.3, 0.4) is 0 Å². The van der Waals surface area contributed by atoms with E-state index in [9.17, 15) is 4.79 Å². The zero-order valence-electron chi connectivity index (χ0n) is 9.41. The van der Waals surface area contributed by atoms with Crippen LogP contribution in [0.2, 0.25) is 0 Å². The van der Waals surface area contributed by atoms with Crippen LogP contribution < -0.4 is 5.32 Å². The summed E-state index contributed by atoms with van der Waals surface area (Å²) in [6, 6.07) is 0. The predicted octanol–water partition coefficient (Wildman–Crippen LogP) is 1.73. The van der Waals surface area contributed by atoms with Crippen LogP contribution in [0.4, 0.5) is 0 Å². The third kappa shape index (κ3) is 2.33. The lowest BCUT2D eigenvalue weighted by Crippen LogP contribution is -2.30. The van der Waals surface area contributed by atoms with Crippen LogP contribution in [0.1, 0.15) is 32.6 Å². The van der Waals surface area contributed by atoms with E-state index in [0.717, 1.165) is 12.5 Å². The van der Waals surface area contributed by atoms with Gasteiger partial charge in [0, 0.05) is 6.54 Å². The number of carboxylic acid groups (broad SMARTS) is 1. The third-order valence-corrected chi connectivity index (χ3v) is 4.24. The largest absolute Gasteiger partial charge is 0.481 e. The number of hydrogen-bond acceptors (Lipinski definition) is 2. The molecule has 0 aromatic carbocycles. The van der Waals surface area contributed by atoms with Gasteiger partial charge >= 0.3 is 5.97 Å². The van der Waals surface area contributed by atoms with Crippen molar-refractivity contribution in [1.82, 2.24) is 5.32 Å². The average molecular weight is 211 g/mol. The van der Waals surface area contributed by atoms with Crippen LogP contribution in [0.15, 0.2) is 0 Å². The van der Waals surface area contributed by atoms with Crippen molar-refractivity contribution in [3.8, 4) is 0 Å². The summed E-state index contributed by atoms with van der Waals surface area (Å²) in [5, 5.41) is 12.4.